The number of hydrogen-bond acceptors (Lipinski definition) is 5. The molecule has 28 heavy (non-hydrogen) atoms. The SMILES string of the molecule is COC=CC1CCC(c2nnc(COc3cc(C(F)(F)F)ccn3)n2C)CC1. The molecule has 2 heterocycles. The second-order valence-electron chi connectivity index (χ2n) is 6.88. The highest BCUT2D eigenvalue weighted by molar-refractivity contribution is 5.23. The number of nitrogens with zero attached hydrogens (tertiary/aromatic N) is 4. The van der Waals surface area contributed by atoms with Gasteiger partial charge in [-0.15, -0.1) is 10.2 Å². The molecular formula is C19H23F3N4O2. The van der Waals surface area contributed by atoms with Crippen LogP contribution in [0.5, 0.6) is 5.88 Å². The van der Waals surface area contributed by atoms with Crippen molar-refractivity contribution in [1.29, 1.82) is 0 Å². The highest BCUT2D eigenvalue weighted by Gasteiger charge is 2.31. The van der Waals surface area contributed by atoms with Crippen molar-refractivity contribution < 1.29 is 22.6 Å². The first-order valence-electron chi connectivity index (χ1n) is 9.12. The first-order valence-corrected chi connectivity index (χ1v) is 9.12. The second kappa shape index (κ2) is 8.62. The number of hydrogen-bond donors (Lipinski definition) is 0. The molecule has 0 N–H and O–H groups in total. The van der Waals surface area contributed by atoms with Gasteiger partial charge >= 0.3 is 6.18 Å². The number of pyridine rings is 1. The van der Waals surface area contributed by atoms with Crippen LogP contribution in [-0.4, -0.2) is 26.9 Å². The van der Waals surface area contributed by atoms with Gasteiger partial charge in [0.05, 0.1) is 18.9 Å². The molecule has 6 nitrogen and oxygen atoms in total. The molecule has 0 aromatic carbocycles. The van der Waals surface area contributed by atoms with Gasteiger partial charge in [-0.3, -0.25) is 0 Å². The average molecular weight is 396 g/mol. The number of ether oxygens (including phenoxy) is 2. The molecule has 2 aromatic rings. The van der Waals surface area contributed by atoms with E-state index >= 15 is 0 Å². The summed E-state index contributed by atoms with van der Waals surface area (Å²) in [5.74, 6) is 2.16. The van der Waals surface area contributed by atoms with Crippen LogP contribution in [-0.2, 0) is 24.6 Å². The minimum atomic E-state index is -4.43. The van der Waals surface area contributed by atoms with Crippen LogP contribution in [0.15, 0.2) is 30.7 Å². The molecule has 0 aliphatic heterocycles. The van der Waals surface area contributed by atoms with Gasteiger partial charge in [0.25, 0.3) is 0 Å². The number of alkyl halides is 3. The van der Waals surface area contributed by atoms with Crippen molar-refractivity contribution in [2.45, 2.75) is 44.4 Å². The maximum atomic E-state index is 12.8. The van der Waals surface area contributed by atoms with Gasteiger partial charge in [0, 0.05) is 25.2 Å². The highest BCUT2D eigenvalue weighted by atomic mass is 19.4. The van der Waals surface area contributed by atoms with Crippen molar-refractivity contribution in [3.05, 3.63) is 47.9 Å². The van der Waals surface area contributed by atoms with E-state index in [0.717, 1.165) is 49.8 Å². The molecule has 2 aromatic heterocycles. The minimum absolute atomic E-state index is 0.00370. The molecule has 1 aliphatic rings. The average Bonchev–Trinajstić information content (AvgIpc) is 3.05. The summed E-state index contributed by atoms with van der Waals surface area (Å²) >= 11 is 0. The fourth-order valence-corrected chi connectivity index (χ4v) is 3.42. The summed E-state index contributed by atoms with van der Waals surface area (Å²) in [5, 5.41) is 8.44. The predicted octanol–water partition coefficient (Wildman–Crippen LogP) is 4.24. The summed E-state index contributed by atoms with van der Waals surface area (Å²) in [6, 6.07) is 1.79. The van der Waals surface area contributed by atoms with E-state index in [-0.39, 0.29) is 12.5 Å². The summed E-state index contributed by atoms with van der Waals surface area (Å²) in [7, 11) is 3.49. The predicted molar refractivity (Wildman–Crippen MR) is 95.4 cm³/mol. The molecule has 0 amide bonds. The maximum absolute atomic E-state index is 12.8. The summed E-state index contributed by atoms with van der Waals surface area (Å²) in [4.78, 5) is 3.83. The molecule has 9 heteroatoms. The van der Waals surface area contributed by atoms with E-state index in [2.05, 4.69) is 21.3 Å². The Balaban J connectivity index is 1.61. The van der Waals surface area contributed by atoms with Crippen molar-refractivity contribution in [1.82, 2.24) is 19.7 Å². The van der Waals surface area contributed by atoms with E-state index in [1.165, 1.54) is 0 Å². The van der Waals surface area contributed by atoms with Crippen molar-refractivity contribution >= 4 is 0 Å². The second-order valence-corrected chi connectivity index (χ2v) is 6.88. The van der Waals surface area contributed by atoms with Crippen LogP contribution >= 0.6 is 0 Å². The summed E-state index contributed by atoms with van der Waals surface area (Å²) in [5.41, 5.74) is -0.796. The Hall–Kier alpha value is -2.58. The number of halogens is 3. The smallest absolute Gasteiger partial charge is 0.416 e. The monoisotopic (exact) mass is 396 g/mol. The van der Waals surface area contributed by atoms with Crippen LogP contribution in [0.1, 0.15) is 48.8 Å². The summed E-state index contributed by atoms with van der Waals surface area (Å²) < 4.78 is 50.6. The Morgan fingerprint density at radius 2 is 1.96 bits per heavy atom. The fourth-order valence-electron chi connectivity index (χ4n) is 3.42. The first-order chi connectivity index (χ1) is 13.4. The van der Waals surface area contributed by atoms with Gasteiger partial charge in [0.2, 0.25) is 5.88 Å². The Morgan fingerprint density at radius 3 is 2.64 bits per heavy atom. The first kappa shape index (κ1) is 20.2. The molecular weight excluding hydrogens is 373 g/mol. The fraction of sp³-hybridized carbons (Fsp3) is 0.526. The molecule has 3 rings (SSSR count). The van der Waals surface area contributed by atoms with E-state index in [4.69, 9.17) is 9.47 Å². The van der Waals surface area contributed by atoms with Crippen LogP contribution < -0.4 is 4.74 Å². The van der Waals surface area contributed by atoms with Crippen LogP contribution in [0.4, 0.5) is 13.2 Å². The van der Waals surface area contributed by atoms with E-state index in [1.807, 2.05) is 11.6 Å². The molecule has 1 fully saturated rings. The van der Waals surface area contributed by atoms with E-state index < -0.39 is 11.7 Å². The number of methoxy groups -OCH3 is 1. The van der Waals surface area contributed by atoms with Gasteiger partial charge in [0.15, 0.2) is 5.82 Å². The van der Waals surface area contributed by atoms with Crippen molar-refractivity contribution in [3.8, 4) is 5.88 Å². The zero-order valence-electron chi connectivity index (χ0n) is 15.8. The molecule has 0 atom stereocenters. The van der Waals surface area contributed by atoms with Gasteiger partial charge in [0.1, 0.15) is 12.4 Å². The molecule has 0 unspecified atom stereocenters. The maximum Gasteiger partial charge on any atom is 0.416 e. The lowest BCUT2D eigenvalue weighted by Crippen LogP contribution is -2.16. The zero-order chi connectivity index (χ0) is 20.1. The van der Waals surface area contributed by atoms with Gasteiger partial charge in [-0.05, 0) is 43.7 Å². The normalized spacial score (nSPS) is 20.5. The molecule has 0 radical (unpaired) electrons. The van der Waals surface area contributed by atoms with Gasteiger partial charge in [-0.1, -0.05) is 0 Å². The highest BCUT2D eigenvalue weighted by Crippen LogP contribution is 2.35. The van der Waals surface area contributed by atoms with E-state index in [9.17, 15) is 13.2 Å². The van der Waals surface area contributed by atoms with Crippen LogP contribution in [0, 0.1) is 5.92 Å². The summed E-state index contributed by atoms with van der Waals surface area (Å²) in [6.07, 6.45) is 4.57. The topological polar surface area (TPSA) is 62.1 Å². The Kier molecular flexibility index (Phi) is 6.21. The number of allylic oxidation sites excluding steroid dienone is 1. The quantitative estimate of drug-likeness (QED) is 0.684. The lowest BCUT2D eigenvalue weighted by Gasteiger charge is -2.25. The number of rotatable bonds is 6. The molecule has 1 saturated carbocycles. The van der Waals surface area contributed by atoms with Crippen LogP contribution in [0.2, 0.25) is 0 Å². The molecule has 152 valence electrons. The van der Waals surface area contributed by atoms with Crippen molar-refractivity contribution in [2.75, 3.05) is 7.11 Å². The van der Waals surface area contributed by atoms with Gasteiger partial charge < -0.3 is 14.0 Å². The van der Waals surface area contributed by atoms with Gasteiger partial charge in [-0.25, -0.2) is 4.98 Å². The third kappa shape index (κ3) is 4.82. The van der Waals surface area contributed by atoms with Crippen LogP contribution in [0.3, 0.4) is 0 Å². The van der Waals surface area contributed by atoms with E-state index in [0.29, 0.717) is 17.7 Å². The minimum Gasteiger partial charge on any atom is -0.505 e. The molecule has 1 aliphatic carbocycles. The van der Waals surface area contributed by atoms with Crippen molar-refractivity contribution in [2.24, 2.45) is 13.0 Å². The lowest BCUT2D eigenvalue weighted by atomic mass is 9.81. The molecule has 0 spiro atoms. The molecule has 0 saturated heterocycles. The Morgan fingerprint density at radius 1 is 1.21 bits per heavy atom. The standard InChI is InChI=1S/C19H23F3N4O2/c1-26-16(12-28-17-11-15(7-9-23-17)19(20,21)22)24-25-18(26)14-5-3-13(4-6-14)8-10-27-2/h7-11,13-14H,3-6,12H2,1-2H3. The third-order valence-electron chi connectivity index (χ3n) is 5.03. The largest absolute Gasteiger partial charge is 0.505 e. The lowest BCUT2D eigenvalue weighted by molar-refractivity contribution is -0.137. The Labute approximate surface area is 161 Å². The van der Waals surface area contributed by atoms with Gasteiger partial charge in [-0.2, -0.15) is 13.2 Å². The van der Waals surface area contributed by atoms with Crippen molar-refractivity contribution in [3.63, 3.8) is 0 Å². The summed E-state index contributed by atoms with van der Waals surface area (Å²) in [6.45, 7) is 0.00370. The van der Waals surface area contributed by atoms with E-state index in [1.54, 1.807) is 13.4 Å². The van der Waals surface area contributed by atoms with Crippen LogP contribution in [0.25, 0.3) is 0 Å². The molecule has 0 bridgehead atoms. The Bertz CT molecular complexity index is 812. The zero-order valence-corrected chi connectivity index (χ0v) is 15.8. The third-order valence-corrected chi connectivity index (χ3v) is 5.03. The number of aromatic nitrogens is 4.